The molecule has 168 valence electrons. The normalized spacial score (nSPS) is 18.2. The van der Waals surface area contributed by atoms with Crippen molar-refractivity contribution in [2.24, 2.45) is 0 Å². The summed E-state index contributed by atoms with van der Waals surface area (Å²) >= 11 is 6.25. The van der Waals surface area contributed by atoms with E-state index >= 15 is 0 Å². The Morgan fingerprint density at radius 1 is 1.12 bits per heavy atom. The zero-order valence-corrected chi connectivity index (χ0v) is 18.9. The Balaban J connectivity index is 1.54. The fourth-order valence-electron chi connectivity index (χ4n) is 3.51. The number of nitrogens with one attached hydrogen (secondary N) is 1. The van der Waals surface area contributed by atoms with Crippen LogP contribution in [0.25, 0.3) is 17.2 Å². The Morgan fingerprint density at radius 2 is 1.88 bits per heavy atom. The van der Waals surface area contributed by atoms with Crippen LogP contribution in [0.1, 0.15) is 12.0 Å². The van der Waals surface area contributed by atoms with Crippen LogP contribution in [0.5, 0.6) is 5.75 Å². The van der Waals surface area contributed by atoms with Gasteiger partial charge in [-0.3, -0.25) is 9.69 Å². The Morgan fingerprint density at radius 3 is 2.59 bits per heavy atom. The van der Waals surface area contributed by atoms with Gasteiger partial charge in [-0.25, -0.2) is 8.78 Å². The molecule has 0 atom stereocenters. The molecule has 1 N–H and O–H groups in total. The minimum Gasteiger partial charge on any atom is -0.493 e. The minimum atomic E-state index is -0.915. The van der Waals surface area contributed by atoms with Crippen molar-refractivity contribution < 1.29 is 23.0 Å². The molecule has 2 aliphatic rings. The maximum absolute atomic E-state index is 13.7. The molecule has 2 fully saturated rings. The number of benzene rings is 2. The topological polar surface area (TPSA) is 50.8 Å². The van der Waals surface area contributed by atoms with Gasteiger partial charge in [0.25, 0.3) is 5.91 Å². The van der Waals surface area contributed by atoms with Crippen molar-refractivity contribution in [3.8, 4) is 16.9 Å². The summed E-state index contributed by atoms with van der Waals surface area (Å²) in [5.41, 5.74) is 1.88. The summed E-state index contributed by atoms with van der Waals surface area (Å²) in [6.07, 6.45) is 2.56. The fraction of sp³-hybridized carbons (Fsp3) is 0.304. The van der Waals surface area contributed by atoms with Gasteiger partial charge in [-0.2, -0.15) is 0 Å². The molecule has 2 heterocycles. The molecule has 0 aliphatic carbocycles. The molecule has 0 spiro atoms. The Kier molecular flexibility index (Phi) is 7.51. The molecule has 0 aromatic heterocycles. The number of thiocarbonyl (C=S) groups is 1. The van der Waals surface area contributed by atoms with Gasteiger partial charge in [-0.05, 0) is 47.9 Å². The van der Waals surface area contributed by atoms with E-state index in [0.29, 0.717) is 38.3 Å². The number of carbonyl (C=O) groups is 1. The van der Waals surface area contributed by atoms with E-state index in [9.17, 15) is 13.6 Å². The van der Waals surface area contributed by atoms with Gasteiger partial charge in [-0.1, -0.05) is 36.1 Å². The van der Waals surface area contributed by atoms with Crippen molar-refractivity contribution >= 4 is 40.3 Å². The molecule has 2 aliphatic heterocycles. The van der Waals surface area contributed by atoms with E-state index < -0.39 is 11.6 Å². The van der Waals surface area contributed by atoms with Crippen LogP contribution in [0.2, 0.25) is 0 Å². The van der Waals surface area contributed by atoms with E-state index in [2.05, 4.69) is 10.2 Å². The molecule has 4 rings (SSSR count). The third-order valence-electron chi connectivity index (χ3n) is 5.17. The number of rotatable bonds is 7. The maximum atomic E-state index is 13.7. The molecule has 32 heavy (non-hydrogen) atoms. The number of carbonyl (C=O) groups excluding carboxylic acids is 1. The predicted octanol–water partition coefficient (Wildman–Crippen LogP) is 4.22. The van der Waals surface area contributed by atoms with E-state index in [4.69, 9.17) is 21.7 Å². The molecule has 5 nitrogen and oxygen atoms in total. The summed E-state index contributed by atoms with van der Waals surface area (Å²) in [5.74, 6) is -1.47. The van der Waals surface area contributed by atoms with Gasteiger partial charge in [0.05, 0.1) is 24.7 Å². The van der Waals surface area contributed by atoms with Crippen molar-refractivity contribution in [2.75, 3.05) is 39.5 Å². The molecule has 0 bridgehead atoms. The molecular weight excluding hydrogens is 454 g/mol. The molecular formula is C23H22F2N2O3S2. The molecule has 0 saturated carbocycles. The number of morpholine rings is 1. The van der Waals surface area contributed by atoms with E-state index in [1.807, 2.05) is 0 Å². The lowest BCUT2D eigenvalue weighted by atomic mass is 10.0. The lowest BCUT2D eigenvalue weighted by Crippen LogP contribution is -2.37. The van der Waals surface area contributed by atoms with Crippen LogP contribution < -0.4 is 10.1 Å². The average molecular weight is 477 g/mol. The smallest absolute Gasteiger partial charge is 0.263 e. The van der Waals surface area contributed by atoms with Crippen LogP contribution in [0.15, 0.2) is 41.3 Å². The quantitative estimate of drug-likeness (QED) is 0.367. The molecule has 0 radical (unpaired) electrons. The van der Waals surface area contributed by atoms with Crippen molar-refractivity contribution in [3.63, 3.8) is 0 Å². The number of ether oxygens (including phenoxy) is 2. The first-order chi connectivity index (χ1) is 15.5. The molecule has 2 aromatic rings. The standard InChI is InChI=1S/C23H22F2N2O3S2/c24-18-4-2-16(13-19(18)25)15-3-5-20(30-9-1-6-27-7-10-29-11-8-27)17(12-15)14-21-22(28)26-23(31)32-21/h2-5,12-14H,1,6-11H2,(H,26,28,31)/b21-14-. The van der Waals surface area contributed by atoms with E-state index in [-0.39, 0.29) is 5.91 Å². The molecule has 9 heteroatoms. The van der Waals surface area contributed by atoms with Gasteiger partial charge < -0.3 is 14.8 Å². The summed E-state index contributed by atoms with van der Waals surface area (Å²) in [6.45, 7) is 4.78. The first kappa shape index (κ1) is 22.8. The van der Waals surface area contributed by atoms with Crippen LogP contribution in [-0.2, 0) is 9.53 Å². The van der Waals surface area contributed by atoms with Gasteiger partial charge in [-0.15, -0.1) is 0 Å². The summed E-state index contributed by atoms with van der Waals surface area (Å²) in [6, 6.07) is 9.13. The van der Waals surface area contributed by atoms with Crippen molar-refractivity contribution in [1.82, 2.24) is 10.2 Å². The number of hydrogen-bond donors (Lipinski definition) is 1. The summed E-state index contributed by atoms with van der Waals surface area (Å²) in [4.78, 5) is 14.9. The summed E-state index contributed by atoms with van der Waals surface area (Å²) in [5, 5.41) is 2.59. The highest BCUT2D eigenvalue weighted by molar-refractivity contribution is 8.26. The third-order valence-corrected chi connectivity index (χ3v) is 6.33. The Bertz CT molecular complexity index is 1060. The van der Waals surface area contributed by atoms with Crippen LogP contribution in [0, 0.1) is 11.6 Å². The fourth-order valence-corrected chi connectivity index (χ4v) is 4.54. The second-order valence-electron chi connectivity index (χ2n) is 7.39. The molecule has 2 aromatic carbocycles. The monoisotopic (exact) mass is 476 g/mol. The van der Waals surface area contributed by atoms with Crippen LogP contribution in [0.3, 0.4) is 0 Å². The molecule has 1 amide bonds. The lowest BCUT2D eigenvalue weighted by molar-refractivity contribution is -0.115. The highest BCUT2D eigenvalue weighted by atomic mass is 32.2. The number of thioether (sulfide) groups is 1. The Hall–Kier alpha value is -2.33. The van der Waals surface area contributed by atoms with Crippen LogP contribution in [0.4, 0.5) is 8.78 Å². The number of amides is 1. The summed E-state index contributed by atoms with van der Waals surface area (Å²) < 4.78 is 38.9. The number of nitrogens with zero attached hydrogens (tertiary/aromatic N) is 1. The van der Waals surface area contributed by atoms with E-state index in [0.717, 1.165) is 51.4 Å². The van der Waals surface area contributed by atoms with Crippen molar-refractivity contribution in [3.05, 3.63) is 58.5 Å². The Labute approximate surface area is 194 Å². The highest BCUT2D eigenvalue weighted by Crippen LogP contribution is 2.33. The predicted molar refractivity (Wildman–Crippen MR) is 125 cm³/mol. The zero-order chi connectivity index (χ0) is 22.5. The minimum absolute atomic E-state index is 0.267. The van der Waals surface area contributed by atoms with Gasteiger partial charge in [0.1, 0.15) is 10.1 Å². The van der Waals surface area contributed by atoms with Crippen LogP contribution >= 0.6 is 24.0 Å². The van der Waals surface area contributed by atoms with Crippen molar-refractivity contribution in [1.29, 1.82) is 0 Å². The first-order valence-electron chi connectivity index (χ1n) is 10.3. The third kappa shape index (κ3) is 5.72. The summed E-state index contributed by atoms with van der Waals surface area (Å²) in [7, 11) is 0. The average Bonchev–Trinajstić information content (AvgIpc) is 3.11. The highest BCUT2D eigenvalue weighted by Gasteiger charge is 2.23. The SMILES string of the molecule is O=C1NC(=S)S/C1=C\c1cc(-c2ccc(F)c(F)c2)ccc1OCCCN1CCOCC1. The second-order valence-corrected chi connectivity index (χ2v) is 9.11. The van der Waals surface area contributed by atoms with E-state index in [1.54, 1.807) is 24.3 Å². The van der Waals surface area contributed by atoms with Crippen molar-refractivity contribution in [2.45, 2.75) is 6.42 Å². The van der Waals surface area contributed by atoms with E-state index in [1.165, 1.54) is 17.8 Å². The second kappa shape index (κ2) is 10.5. The molecule has 0 unspecified atom stereocenters. The van der Waals surface area contributed by atoms with Gasteiger partial charge in [0.15, 0.2) is 11.6 Å². The van der Waals surface area contributed by atoms with Gasteiger partial charge >= 0.3 is 0 Å². The van der Waals surface area contributed by atoms with Crippen LogP contribution in [-0.4, -0.2) is 54.6 Å². The molecule has 2 saturated heterocycles. The maximum Gasteiger partial charge on any atom is 0.263 e. The van der Waals surface area contributed by atoms with Gasteiger partial charge in [0, 0.05) is 25.2 Å². The first-order valence-corrected chi connectivity index (χ1v) is 11.5. The van der Waals surface area contributed by atoms with Gasteiger partial charge in [0.2, 0.25) is 0 Å². The largest absolute Gasteiger partial charge is 0.493 e. The number of hydrogen-bond acceptors (Lipinski definition) is 6. The zero-order valence-electron chi connectivity index (χ0n) is 17.2. The number of halogens is 2. The lowest BCUT2D eigenvalue weighted by Gasteiger charge is -2.26.